The van der Waals surface area contributed by atoms with Crippen molar-refractivity contribution in [2.24, 2.45) is 5.92 Å². The molecule has 10 heteroatoms. The number of methoxy groups -OCH3 is 2. The van der Waals surface area contributed by atoms with Crippen LogP contribution in [0.4, 0.5) is 4.79 Å². The molecule has 2 amide bonds. The molecule has 10 nitrogen and oxygen atoms in total. The lowest BCUT2D eigenvalue weighted by atomic mass is 10.0. The molecule has 2 atom stereocenters. The lowest BCUT2D eigenvalue weighted by molar-refractivity contribution is -0.153. The molecular weight excluding hydrogens is 406 g/mol. The second kappa shape index (κ2) is 11.0. The molecule has 0 unspecified atom stereocenters. The molecule has 0 bridgehead atoms. The van der Waals surface area contributed by atoms with Gasteiger partial charge < -0.3 is 23.6 Å². The Labute approximate surface area is 183 Å². The van der Waals surface area contributed by atoms with E-state index < -0.39 is 35.7 Å². The largest absolute Gasteiger partial charge is 0.479 e. The SMILES string of the molecule is COC(=O)[C@@H](Cc1cc(OC)no1)N(C)C(=O)[C@H](CC(C)C)N(C)C(=O)OC(C)(C)C. The molecule has 31 heavy (non-hydrogen) atoms. The fourth-order valence-electron chi connectivity index (χ4n) is 2.91. The molecule has 1 aromatic rings. The van der Waals surface area contributed by atoms with Gasteiger partial charge in [0.15, 0.2) is 0 Å². The minimum absolute atomic E-state index is 0.0375. The molecule has 0 saturated carbocycles. The van der Waals surface area contributed by atoms with Gasteiger partial charge >= 0.3 is 12.1 Å². The van der Waals surface area contributed by atoms with Crippen molar-refractivity contribution in [3.8, 4) is 5.88 Å². The summed E-state index contributed by atoms with van der Waals surface area (Å²) < 4.78 is 20.5. The maximum atomic E-state index is 13.4. The van der Waals surface area contributed by atoms with E-state index in [1.165, 1.54) is 44.2 Å². The van der Waals surface area contributed by atoms with Gasteiger partial charge in [-0.1, -0.05) is 13.8 Å². The molecule has 0 aliphatic rings. The van der Waals surface area contributed by atoms with Crippen LogP contribution in [0.3, 0.4) is 0 Å². The Morgan fingerprint density at radius 1 is 1.10 bits per heavy atom. The summed E-state index contributed by atoms with van der Waals surface area (Å²) in [6, 6.07) is -0.264. The number of carbonyl (C=O) groups is 3. The van der Waals surface area contributed by atoms with Crippen LogP contribution in [0.1, 0.15) is 46.8 Å². The van der Waals surface area contributed by atoms with Gasteiger partial charge in [0, 0.05) is 26.6 Å². The van der Waals surface area contributed by atoms with Gasteiger partial charge in [-0.25, -0.2) is 9.59 Å². The summed E-state index contributed by atoms with van der Waals surface area (Å²) in [5, 5.41) is 3.71. The molecule has 176 valence electrons. The van der Waals surface area contributed by atoms with Crippen LogP contribution < -0.4 is 4.74 Å². The Kier molecular flexibility index (Phi) is 9.33. The first kappa shape index (κ1) is 26.3. The number of ether oxygens (including phenoxy) is 3. The Hall–Kier alpha value is -2.78. The maximum absolute atomic E-state index is 13.4. The van der Waals surface area contributed by atoms with Crippen molar-refractivity contribution in [1.29, 1.82) is 0 Å². The zero-order valence-electron chi connectivity index (χ0n) is 19.9. The molecule has 0 aliphatic carbocycles. The first-order valence-corrected chi connectivity index (χ1v) is 10.1. The van der Waals surface area contributed by atoms with E-state index in [4.69, 9.17) is 18.7 Å². The van der Waals surface area contributed by atoms with Crippen molar-refractivity contribution in [3.63, 3.8) is 0 Å². The smallest absolute Gasteiger partial charge is 0.410 e. The zero-order chi connectivity index (χ0) is 23.9. The highest BCUT2D eigenvalue weighted by Crippen LogP contribution is 2.20. The van der Waals surface area contributed by atoms with Crippen LogP contribution in [0.25, 0.3) is 0 Å². The van der Waals surface area contributed by atoms with Crippen LogP contribution in [0.5, 0.6) is 5.88 Å². The van der Waals surface area contributed by atoms with Crippen LogP contribution in [-0.2, 0) is 25.5 Å². The predicted octanol–water partition coefficient (Wildman–Crippen LogP) is 2.51. The van der Waals surface area contributed by atoms with Crippen LogP contribution in [0, 0.1) is 5.92 Å². The van der Waals surface area contributed by atoms with Crippen LogP contribution in [0.15, 0.2) is 10.6 Å². The van der Waals surface area contributed by atoms with Crippen molar-refractivity contribution in [2.45, 2.75) is 65.1 Å². The first-order chi connectivity index (χ1) is 14.3. The van der Waals surface area contributed by atoms with Gasteiger partial charge in [0.05, 0.1) is 14.2 Å². The van der Waals surface area contributed by atoms with Gasteiger partial charge in [0.1, 0.15) is 23.4 Å². The highest BCUT2D eigenvalue weighted by Gasteiger charge is 2.37. The molecule has 1 heterocycles. The zero-order valence-corrected chi connectivity index (χ0v) is 19.9. The average molecular weight is 442 g/mol. The van der Waals surface area contributed by atoms with Crippen LogP contribution in [-0.4, -0.2) is 78.9 Å². The van der Waals surface area contributed by atoms with E-state index in [1.54, 1.807) is 20.8 Å². The topological polar surface area (TPSA) is 111 Å². The number of hydrogen-bond acceptors (Lipinski definition) is 8. The summed E-state index contributed by atoms with van der Waals surface area (Å²) in [5.74, 6) is -0.302. The minimum Gasteiger partial charge on any atom is -0.479 e. The number of carbonyl (C=O) groups excluding carboxylic acids is 3. The van der Waals surface area contributed by atoms with Gasteiger partial charge in [-0.15, -0.1) is 0 Å². The molecule has 0 saturated heterocycles. The monoisotopic (exact) mass is 441 g/mol. The molecule has 0 fully saturated rings. The number of aromatic nitrogens is 1. The van der Waals surface area contributed by atoms with Gasteiger partial charge in [-0.3, -0.25) is 9.69 Å². The van der Waals surface area contributed by atoms with Crippen molar-refractivity contribution < 1.29 is 33.1 Å². The number of hydrogen-bond donors (Lipinski definition) is 0. The van der Waals surface area contributed by atoms with Crippen molar-refractivity contribution in [1.82, 2.24) is 15.0 Å². The molecule has 0 N–H and O–H groups in total. The molecule has 0 spiro atoms. The molecule has 0 radical (unpaired) electrons. The Morgan fingerprint density at radius 3 is 2.16 bits per heavy atom. The van der Waals surface area contributed by atoms with Crippen LogP contribution >= 0.6 is 0 Å². The quantitative estimate of drug-likeness (QED) is 0.538. The molecule has 0 aromatic carbocycles. The predicted molar refractivity (Wildman–Crippen MR) is 113 cm³/mol. The number of esters is 1. The normalized spacial score (nSPS) is 13.4. The third-order valence-corrected chi connectivity index (χ3v) is 4.56. The van der Waals surface area contributed by atoms with E-state index in [0.29, 0.717) is 12.2 Å². The van der Waals surface area contributed by atoms with Gasteiger partial charge in [0.25, 0.3) is 5.88 Å². The second-order valence-corrected chi connectivity index (χ2v) is 8.76. The summed E-state index contributed by atoms with van der Waals surface area (Å²) in [6.07, 6.45) is -0.187. The van der Waals surface area contributed by atoms with E-state index in [-0.39, 0.29) is 18.2 Å². The van der Waals surface area contributed by atoms with Crippen LogP contribution in [0.2, 0.25) is 0 Å². The molecule has 0 aliphatic heterocycles. The highest BCUT2D eigenvalue weighted by atomic mass is 16.6. The lowest BCUT2D eigenvalue weighted by Gasteiger charge is -2.35. The standard InChI is InChI=1S/C21H35N3O7/c1-13(2)10-15(24(7)20(27)30-21(3,4)5)18(25)23(6)16(19(26)29-9)11-14-12-17(28-8)22-31-14/h12-13,15-16H,10-11H2,1-9H3/t15-,16+/m0/s1. The lowest BCUT2D eigenvalue weighted by Crippen LogP contribution is -2.54. The Morgan fingerprint density at radius 2 is 1.71 bits per heavy atom. The second-order valence-electron chi connectivity index (χ2n) is 8.76. The van der Waals surface area contributed by atoms with E-state index in [2.05, 4.69) is 5.16 Å². The molecular formula is C21H35N3O7. The summed E-state index contributed by atoms with van der Waals surface area (Å²) in [5.41, 5.74) is -0.706. The third kappa shape index (κ3) is 7.76. The summed E-state index contributed by atoms with van der Waals surface area (Å²) in [4.78, 5) is 41.0. The third-order valence-electron chi connectivity index (χ3n) is 4.56. The maximum Gasteiger partial charge on any atom is 0.410 e. The minimum atomic E-state index is -0.975. The van der Waals surface area contributed by atoms with Gasteiger partial charge in [-0.05, 0) is 38.3 Å². The number of amides is 2. The number of likely N-dealkylation sites (N-methyl/N-ethyl adjacent to an activating group) is 2. The molecule has 1 aromatic heterocycles. The number of nitrogens with zero attached hydrogens (tertiary/aromatic N) is 3. The Balaban J connectivity index is 3.14. The Bertz CT molecular complexity index is 754. The van der Waals surface area contributed by atoms with Crippen molar-refractivity contribution in [2.75, 3.05) is 28.3 Å². The van der Waals surface area contributed by atoms with E-state index in [1.807, 2.05) is 13.8 Å². The fraction of sp³-hybridized carbons (Fsp3) is 0.714. The van der Waals surface area contributed by atoms with Crippen molar-refractivity contribution in [3.05, 3.63) is 11.8 Å². The van der Waals surface area contributed by atoms with E-state index in [9.17, 15) is 14.4 Å². The van der Waals surface area contributed by atoms with E-state index >= 15 is 0 Å². The fourth-order valence-corrected chi connectivity index (χ4v) is 2.91. The summed E-state index contributed by atoms with van der Waals surface area (Å²) >= 11 is 0. The highest BCUT2D eigenvalue weighted by molar-refractivity contribution is 5.89. The van der Waals surface area contributed by atoms with Gasteiger partial charge in [0.2, 0.25) is 5.91 Å². The van der Waals surface area contributed by atoms with Crippen molar-refractivity contribution >= 4 is 18.0 Å². The molecule has 1 rings (SSSR count). The van der Waals surface area contributed by atoms with Gasteiger partial charge in [-0.2, -0.15) is 0 Å². The average Bonchev–Trinajstić information content (AvgIpc) is 3.14. The first-order valence-electron chi connectivity index (χ1n) is 10.1. The number of rotatable bonds is 9. The summed E-state index contributed by atoms with van der Waals surface area (Å²) in [6.45, 7) is 9.15. The summed E-state index contributed by atoms with van der Waals surface area (Å²) in [7, 11) is 5.69. The van der Waals surface area contributed by atoms with E-state index in [0.717, 1.165) is 0 Å².